The van der Waals surface area contributed by atoms with Crippen LogP contribution in [0.4, 0.5) is 0 Å². The van der Waals surface area contributed by atoms with Crippen molar-refractivity contribution in [2.75, 3.05) is 0 Å². The monoisotopic (exact) mass is 277 g/mol. The minimum absolute atomic E-state index is 0.203. The zero-order valence-corrected chi connectivity index (χ0v) is 12.1. The average Bonchev–Trinajstić information content (AvgIpc) is 2.96. The topological polar surface area (TPSA) is 101 Å². The number of aryl methyl sites for hydroxylation is 2. The first-order chi connectivity index (χ1) is 9.49. The molecule has 2 rings (SSSR count). The van der Waals surface area contributed by atoms with Crippen molar-refractivity contribution in [3.8, 4) is 0 Å². The predicted molar refractivity (Wildman–Crippen MR) is 71.8 cm³/mol. The van der Waals surface area contributed by atoms with Crippen LogP contribution in [0.25, 0.3) is 0 Å². The third-order valence-electron chi connectivity index (χ3n) is 3.01. The van der Waals surface area contributed by atoms with Crippen molar-refractivity contribution >= 4 is 5.91 Å². The Bertz CT molecular complexity index is 586. The predicted octanol–water partition coefficient (Wildman–Crippen LogP) is 0.759. The Morgan fingerprint density at radius 3 is 2.70 bits per heavy atom. The highest BCUT2D eigenvalue weighted by Gasteiger charge is 2.23. The number of rotatable bonds is 5. The summed E-state index contributed by atoms with van der Waals surface area (Å²) in [5.41, 5.74) is 0.879. The minimum Gasteiger partial charge on any atom is -0.341 e. The lowest BCUT2D eigenvalue weighted by molar-refractivity contribution is 0.0923. The smallest absolute Gasteiger partial charge is 0.274 e. The van der Waals surface area contributed by atoms with Gasteiger partial charge in [-0.3, -0.25) is 9.48 Å². The van der Waals surface area contributed by atoms with E-state index in [0.29, 0.717) is 17.3 Å². The van der Waals surface area contributed by atoms with Gasteiger partial charge in [0.2, 0.25) is 0 Å². The molecular weight excluding hydrogens is 258 g/mol. The van der Waals surface area contributed by atoms with Crippen LogP contribution in [0.1, 0.15) is 48.3 Å². The van der Waals surface area contributed by atoms with Crippen LogP contribution in [-0.2, 0) is 7.05 Å². The highest BCUT2D eigenvalue weighted by molar-refractivity contribution is 5.93. The summed E-state index contributed by atoms with van der Waals surface area (Å²) in [6, 6.07) is -0.203. The molecule has 0 aliphatic rings. The molecule has 0 aliphatic carbocycles. The van der Waals surface area contributed by atoms with E-state index < -0.39 is 0 Å². The number of carbonyl (C=O) groups is 1. The van der Waals surface area contributed by atoms with Gasteiger partial charge >= 0.3 is 0 Å². The summed E-state index contributed by atoms with van der Waals surface area (Å²) >= 11 is 0. The maximum absolute atomic E-state index is 12.2. The number of hydrogen-bond acceptors (Lipinski definition) is 5. The molecule has 108 valence electrons. The van der Waals surface area contributed by atoms with E-state index in [0.717, 1.165) is 12.2 Å². The molecule has 0 saturated carbocycles. The molecule has 8 nitrogen and oxygen atoms in total. The van der Waals surface area contributed by atoms with Crippen molar-refractivity contribution in [2.45, 2.75) is 33.2 Å². The number of nitrogens with zero attached hydrogens (tertiary/aromatic N) is 5. The molecule has 2 aromatic heterocycles. The molecule has 0 bridgehead atoms. The van der Waals surface area contributed by atoms with E-state index in [9.17, 15) is 4.79 Å². The fraction of sp³-hybridized carbons (Fsp3) is 0.583. The van der Waals surface area contributed by atoms with Gasteiger partial charge in [-0.1, -0.05) is 13.8 Å². The Morgan fingerprint density at radius 1 is 1.45 bits per heavy atom. The highest BCUT2D eigenvalue weighted by atomic mass is 16.2. The van der Waals surface area contributed by atoms with E-state index in [-0.39, 0.29) is 11.9 Å². The molecule has 0 spiro atoms. The second kappa shape index (κ2) is 5.81. The van der Waals surface area contributed by atoms with Gasteiger partial charge in [0.1, 0.15) is 12.2 Å². The zero-order valence-electron chi connectivity index (χ0n) is 12.1. The lowest BCUT2D eigenvalue weighted by Crippen LogP contribution is -2.32. The summed E-state index contributed by atoms with van der Waals surface area (Å²) < 4.78 is 1.67. The van der Waals surface area contributed by atoms with Gasteiger partial charge in [-0.2, -0.15) is 20.5 Å². The van der Waals surface area contributed by atoms with Crippen LogP contribution < -0.4 is 5.32 Å². The van der Waals surface area contributed by atoms with E-state index in [1.807, 2.05) is 7.05 Å². The molecule has 20 heavy (non-hydrogen) atoms. The summed E-state index contributed by atoms with van der Waals surface area (Å²) in [6.45, 7) is 5.92. The number of aromatic nitrogens is 6. The van der Waals surface area contributed by atoms with Gasteiger partial charge in [-0.05, 0) is 19.3 Å². The van der Waals surface area contributed by atoms with Gasteiger partial charge in [0, 0.05) is 7.05 Å². The van der Waals surface area contributed by atoms with Crippen LogP contribution in [0.3, 0.4) is 0 Å². The van der Waals surface area contributed by atoms with Crippen LogP contribution in [0.15, 0.2) is 6.33 Å². The fourth-order valence-corrected chi connectivity index (χ4v) is 2.05. The number of hydrogen-bond donors (Lipinski definition) is 2. The Kier molecular flexibility index (Phi) is 4.11. The van der Waals surface area contributed by atoms with Crippen molar-refractivity contribution in [3.05, 3.63) is 23.5 Å². The highest BCUT2D eigenvalue weighted by Crippen LogP contribution is 2.19. The van der Waals surface area contributed by atoms with E-state index in [1.165, 1.54) is 6.33 Å². The van der Waals surface area contributed by atoms with Gasteiger partial charge in [-0.25, -0.2) is 4.98 Å². The maximum atomic E-state index is 12.2. The van der Waals surface area contributed by atoms with Crippen LogP contribution in [0.5, 0.6) is 0 Å². The molecule has 0 aromatic carbocycles. The van der Waals surface area contributed by atoms with Gasteiger partial charge in [0.05, 0.1) is 11.7 Å². The number of nitrogens with one attached hydrogen (secondary N) is 2. The Hall–Kier alpha value is -2.25. The quantitative estimate of drug-likeness (QED) is 0.840. The maximum Gasteiger partial charge on any atom is 0.274 e. The van der Waals surface area contributed by atoms with Crippen molar-refractivity contribution in [3.63, 3.8) is 0 Å². The van der Waals surface area contributed by atoms with E-state index in [2.05, 4.69) is 44.7 Å². The van der Waals surface area contributed by atoms with Crippen molar-refractivity contribution in [2.24, 2.45) is 13.0 Å². The first-order valence-electron chi connectivity index (χ1n) is 6.51. The molecule has 2 heterocycles. The zero-order chi connectivity index (χ0) is 14.7. The molecule has 0 radical (unpaired) electrons. The molecular formula is C12H19N7O. The number of amides is 1. The van der Waals surface area contributed by atoms with Crippen LogP contribution >= 0.6 is 0 Å². The van der Waals surface area contributed by atoms with Crippen molar-refractivity contribution in [1.82, 2.24) is 35.5 Å². The standard InChI is InChI=1S/C12H19N7O/c1-7(2)5-9(11-13-6-14-19(11)4)15-12(20)10-8(3)16-18-17-10/h6-7,9H,5H2,1-4H3,(H,15,20)(H,16,17,18)/t9-/m0/s1. The number of H-pyrrole nitrogens is 1. The minimum atomic E-state index is -0.259. The third kappa shape index (κ3) is 3.01. The van der Waals surface area contributed by atoms with Crippen LogP contribution in [0, 0.1) is 12.8 Å². The Balaban J connectivity index is 2.19. The first-order valence-corrected chi connectivity index (χ1v) is 6.51. The van der Waals surface area contributed by atoms with Gasteiger partial charge < -0.3 is 5.32 Å². The van der Waals surface area contributed by atoms with E-state index in [1.54, 1.807) is 11.6 Å². The van der Waals surface area contributed by atoms with Crippen molar-refractivity contribution in [1.29, 1.82) is 0 Å². The number of aromatic amines is 1. The lowest BCUT2D eigenvalue weighted by atomic mass is 10.0. The Morgan fingerprint density at radius 2 is 2.20 bits per heavy atom. The first kappa shape index (κ1) is 14.2. The second-order valence-corrected chi connectivity index (χ2v) is 5.16. The molecule has 2 N–H and O–H groups in total. The summed E-state index contributed by atoms with van der Waals surface area (Å²) in [5, 5.41) is 17.2. The van der Waals surface area contributed by atoms with Gasteiger partial charge in [-0.15, -0.1) is 0 Å². The molecule has 1 atom stereocenters. The molecule has 0 aliphatic heterocycles. The molecule has 8 heteroatoms. The summed E-state index contributed by atoms with van der Waals surface area (Å²) in [7, 11) is 1.81. The van der Waals surface area contributed by atoms with Gasteiger partial charge in [0.15, 0.2) is 5.69 Å². The van der Waals surface area contributed by atoms with Gasteiger partial charge in [0.25, 0.3) is 5.91 Å². The normalized spacial score (nSPS) is 12.7. The summed E-state index contributed by atoms with van der Waals surface area (Å²) in [4.78, 5) is 16.5. The number of carbonyl (C=O) groups excluding carboxylic acids is 1. The second-order valence-electron chi connectivity index (χ2n) is 5.16. The van der Waals surface area contributed by atoms with E-state index in [4.69, 9.17) is 0 Å². The third-order valence-corrected chi connectivity index (χ3v) is 3.01. The van der Waals surface area contributed by atoms with Crippen LogP contribution in [0.2, 0.25) is 0 Å². The fourth-order valence-electron chi connectivity index (χ4n) is 2.05. The lowest BCUT2D eigenvalue weighted by Gasteiger charge is -2.19. The van der Waals surface area contributed by atoms with Crippen molar-refractivity contribution < 1.29 is 4.79 Å². The Labute approximate surface area is 117 Å². The molecule has 0 saturated heterocycles. The largest absolute Gasteiger partial charge is 0.341 e. The SMILES string of the molecule is Cc1n[nH]nc1C(=O)N[C@@H](CC(C)C)c1ncnn1C. The summed E-state index contributed by atoms with van der Waals surface area (Å²) in [6.07, 6.45) is 2.26. The summed E-state index contributed by atoms with van der Waals surface area (Å²) in [5.74, 6) is 0.883. The average molecular weight is 277 g/mol. The molecule has 0 fully saturated rings. The van der Waals surface area contributed by atoms with Crippen LogP contribution in [-0.4, -0.2) is 36.1 Å². The molecule has 0 unspecified atom stereocenters. The molecule has 1 amide bonds. The van der Waals surface area contributed by atoms with E-state index >= 15 is 0 Å². The molecule has 2 aromatic rings.